The summed E-state index contributed by atoms with van der Waals surface area (Å²) in [6.07, 6.45) is 4.47. The molecule has 1 amide bonds. The van der Waals surface area contributed by atoms with E-state index in [4.69, 9.17) is 32.9 Å². The lowest BCUT2D eigenvalue weighted by atomic mass is 10.1. The minimum absolute atomic E-state index is 0.00478. The Kier molecular flexibility index (Phi) is 9.05. The molecule has 0 saturated carbocycles. The normalized spacial score (nSPS) is 20.4. The first kappa shape index (κ1) is 28.5. The van der Waals surface area contributed by atoms with Crippen LogP contribution in [0.25, 0.3) is 11.3 Å². The Balaban J connectivity index is 1.38. The van der Waals surface area contributed by atoms with Crippen LogP contribution in [0.5, 0.6) is 11.6 Å². The van der Waals surface area contributed by atoms with Gasteiger partial charge in [0.15, 0.2) is 5.75 Å². The molecule has 0 aliphatic carbocycles. The number of nitrogens with one attached hydrogen (secondary N) is 1. The Bertz CT molecular complexity index is 1320. The number of nitrogens with zero attached hydrogens (tertiary/aromatic N) is 6. The van der Waals surface area contributed by atoms with Crippen LogP contribution in [-0.2, 0) is 11.3 Å². The van der Waals surface area contributed by atoms with Crippen LogP contribution in [0.3, 0.4) is 0 Å². The topological polar surface area (TPSA) is 86.7 Å². The molecule has 4 heterocycles. The predicted octanol–water partition coefficient (Wildman–Crippen LogP) is 4.74. The van der Waals surface area contributed by atoms with Crippen molar-refractivity contribution in [1.29, 1.82) is 0 Å². The molecule has 2 atom stereocenters. The molecule has 0 spiro atoms. The second-order valence-corrected chi connectivity index (χ2v) is 11.7. The van der Waals surface area contributed by atoms with E-state index in [1.807, 2.05) is 24.3 Å². The zero-order valence-electron chi connectivity index (χ0n) is 23.1. The van der Waals surface area contributed by atoms with Gasteiger partial charge in [-0.25, -0.2) is 15.0 Å². The van der Waals surface area contributed by atoms with Crippen molar-refractivity contribution in [1.82, 2.24) is 30.1 Å². The molecule has 5 rings (SSSR count). The van der Waals surface area contributed by atoms with Gasteiger partial charge < -0.3 is 19.9 Å². The summed E-state index contributed by atoms with van der Waals surface area (Å²) in [5.41, 5.74) is 2.53. The minimum atomic E-state index is -0.00478. The van der Waals surface area contributed by atoms with E-state index in [0.29, 0.717) is 45.8 Å². The van der Waals surface area contributed by atoms with Crippen LogP contribution < -0.4 is 15.0 Å². The standard InChI is InChI=1S/C29H35Cl2N7O2/c1-19-16-37(18-27(19)34-20(2)39)17-21-9-26(22-11-23(30)13-24(31)12-22)35-28(10-21)40-25-14-32-29(33-15-25)38-6-4-5-36(3)7-8-38/h9-15,19,27H,4-8,16-18H2,1-3H3,(H,34,39). The molecule has 0 bridgehead atoms. The van der Waals surface area contributed by atoms with Gasteiger partial charge in [0.25, 0.3) is 0 Å². The average Bonchev–Trinajstić information content (AvgIpc) is 3.08. The highest BCUT2D eigenvalue weighted by Gasteiger charge is 2.30. The second-order valence-electron chi connectivity index (χ2n) is 10.8. The number of aromatic nitrogens is 3. The fourth-order valence-corrected chi connectivity index (χ4v) is 5.87. The summed E-state index contributed by atoms with van der Waals surface area (Å²) in [7, 11) is 2.14. The lowest BCUT2D eigenvalue weighted by molar-refractivity contribution is -0.119. The van der Waals surface area contributed by atoms with Gasteiger partial charge in [-0.1, -0.05) is 30.1 Å². The molecule has 2 fully saturated rings. The van der Waals surface area contributed by atoms with Gasteiger partial charge in [0, 0.05) is 73.9 Å². The van der Waals surface area contributed by atoms with Gasteiger partial charge in [0.1, 0.15) is 0 Å². The quantitative estimate of drug-likeness (QED) is 0.427. The summed E-state index contributed by atoms with van der Waals surface area (Å²) in [5, 5.41) is 4.14. The van der Waals surface area contributed by atoms with Crippen molar-refractivity contribution < 1.29 is 9.53 Å². The van der Waals surface area contributed by atoms with Crippen LogP contribution in [0.1, 0.15) is 25.8 Å². The maximum atomic E-state index is 11.6. The highest BCUT2D eigenvalue weighted by Crippen LogP contribution is 2.31. The number of likely N-dealkylation sites (tertiary alicyclic amines) is 1. The summed E-state index contributed by atoms with van der Waals surface area (Å²) in [4.78, 5) is 32.4. The molecule has 3 aromatic rings. The van der Waals surface area contributed by atoms with E-state index in [-0.39, 0.29) is 11.9 Å². The first-order valence-corrected chi connectivity index (χ1v) is 14.4. The van der Waals surface area contributed by atoms with Crippen molar-refractivity contribution in [2.45, 2.75) is 32.9 Å². The Morgan fingerprint density at radius 2 is 1.77 bits per heavy atom. The number of hydrogen-bond acceptors (Lipinski definition) is 8. The third-order valence-electron chi connectivity index (χ3n) is 7.34. The SMILES string of the molecule is CC(=O)NC1CN(Cc2cc(Oc3cnc(N4CCCN(C)CC4)nc3)nc(-c3cc(Cl)cc(Cl)c3)c2)CC1C. The molecule has 9 nitrogen and oxygen atoms in total. The first-order chi connectivity index (χ1) is 19.2. The summed E-state index contributed by atoms with van der Waals surface area (Å²) >= 11 is 12.6. The number of hydrogen-bond donors (Lipinski definition) is 1. The Labute approximate surface area is 245 Å². The highest BCUT2D eigenvalue weighted by atomic mass is 35.5. The van der Waals surface area contributed by atoms with Gasteiger partial charge in [-0.3, -0.25) is 9.69 Å². The Hall–Kier alpha value is -2.98. The third-order valence-corrected chi connectivity index (χ3v) is 7.78. The molecule has 212 valence electrons. The van der Waals surface area contributed by atoms with Crippen LogP contribution in [0, 0.1) is 5.92 Å². The van der Waals surface area contributed by atoms with Crippen molar-refractivity contribution in [3.05, 3.63) is 58.3 Å². The lowest BCUT2D eigenvalue weighted by Gasteiger charge is -2.20. The smallest absolute Gasteiger partial charge is 0.225 e. The molecule has 11 heteroatoms. The molecular weight excluding hydrogens is 549 g/mol. The Morgan fingerprint density at radius 3 is 2.50 bits per heavy atom. The van der Waals surface area contributed by atoms with Gasteiger partial charge >= 0.3 is 0 Å². The third kappa shape index (κ3) is 7.40. The number of ether oxygens (including phenoxy) is 1. The van der Waals surface area contributed by atoms with Gasteiger partial charge in [0.2, 0.25) is 17.7 Å². The zero-order chi connectivity index (χ0) is 28.2. The summed E-state index contributed by atoms with van der Waals surface area (Å²) in [6, 6.07) is 9.46. The molecule has 2 unspecified atom stereocenters. The molecule has 40 heavy (non-hydrogen) atoms. The molecular formula is C29H35Cl2N7O2. The highest BCUT2D eigenvalue weighted by molar-refractivity contribution is 6.35. The summed E-state index contributed by atoms with van der Waals surface area (Å²) in [5.74, 6) is 2.00. The van der Waals surface area contributed by atoms with Crippen LogP contribution in [-0.4, -0.2) is 83.0 Å². The van der Waals surface area contributed by atoms with E-state index < -0.39 is 0 Å². The van der Waals surface area contributed by atoms with Crippen molar-refractivity contribution in [3.8, 4) is 22.9 Å². The average molecular weight is 585 g/mol. The van der Waals surface area contributed by atoms with Crippen LogP contribution >= 0.6 is 23.2 Å². The van der Waals surface area contributed by atoms with Gasteiger partial charge in [0.05, 0.1) is 18.1 Å². The van der Waals surface area contributed by atoms with Crippen LogP contribution in [0.4, 0.5) is 5.95 Å². The summed E-state index contributed by atoms with van der Waals surface area (Å²) in [6.45, 7) is 9.94. The van der Waals surface area contributed by atoms with E-state index in [2.05, 4.69) is 44.0 Å². The molecule has 2 aromatic heterocycles. The zero-order valence-corrected chi connectivity index (χ0v) is 24.6. The predicted molar refractivity (Wildman–Crippen MR) is 158 cm³/mol. The molecule has 0 radical (unpaired) electrons. The number of benzene rings is 1. The number of rotatable bonds is 7. The van der Waals surface area contributed by atoms with E-state index >= 15 is 0 Å². The van der Waals surface area contributed by atoms with Crippen LogP contribution in [0.2, 0.25) is 10.0 Å². The minimum Gasteiger partial charge on any atom is -0.436 e. The largest absolute Gasteiger partial charge is 0.436 e. The van der Waals surface area contributed by atoms with Gasteiger partial charge in [-0.2, -0.15) is 0 Å². The number of likely N-dealkylation sites (N-methyl/N-ethyl adjacent to an activating group) is 1. The number of pyridine rings is 1. The fourth-order valence-electron chi connectivity index (χ4n) is 5.35. The van der Waals surface area contributed by atoms with E-state index in [1.165, 1.54) is 0 Å². The summed E-state index contributed by atoms with van der Waals surface area (Å²) < 4.78 is 6.18. The lowest BCUT2D eigenvalue weighted by Crippen LogP contribution is -2.38. The van der Waals surface area contributed by atoms with Crippen LogP contribution in [0.15, 0.2) is 42.7 Å². The number of carbonyl (C=O) groups is 1. The first-order valence-electron chi connectivity index (χ1n) is 13.6. The maximum Gasteiger partial charge on any atom is 0.225 e. The molecule has 2 aliphatic rings. The number of halogens is 2. The van der Waals surface area contributed by atoms with Crippen molar-refractivity contribution in [3.63, 3.8) is 0 Å². The van der Waals surface area contributed by atoms with E-state index in [1.54, 1.807) is 25.4 Å². The number of anilines is 1. The molecule has 2 saturated heterocycles. The maximum absolute atomic E-state index is 11.6. The second kappa shape index (κ2) is 12.7. The fraction of sp³-hybridized carbons (Fsp3) is 0.448. The van der Waals surface area contributed by atoms with E-state index in [0.717, 1.165) is 56.8 Å². The Morgan fingerprint density at radius 1 is 1.02 bits per heavy atom. The van der Waals surface area contributed by atoms with E-state index in [9.17, 15) is 4.79 Å². The number of carbonyl (C=O) groups excluding carboxylic acids is 1. The molecule has 2 aliphatic heterocycles. The van der Waals surface area contributed by atoms with Crippen molar-refractivity contribution in [2.24, 2.45) is 5.92 Å². The van der Waals surface area contributed by atoms with Crippen molar-refractivity contribution >= 4 is 35.1 Å². The van der Waals surface area contributed by atoms with Gasteiger partial charge in [-0.05, 0) is 55.8 Å². The number of amides is 1. The monoisotopic (exact) mass is 583 g/mol. The van der Waals surface area contributed by atoms with Crippen molar-refractivity contribution in [2.75, 3.05) is 51.2 Å². The van der Waals surface area contributed by atoms with Gasteiger partial charge in [-0.15, -0.1) is 0 Å². The molecule has 1 N–H and O–H groups in total. The molecule has 1 aromatic carbocycles.